The second-order valence-electron chi connectivity index (χ2n) is 4.59. The van der Waals surface area contributed by atoms with Crippen LogP contribution in [0.5, 0.6) is 0 Å². The van der Waals surface area contributed by atoms with Crippen molar-refractivity contribution in [3.05, 3.63) is 62.4 Å². The van der Waals surface area contributed by atoms with Crippen LogP contribution in [0.2, 0.25) is 0 Å². The van der Waals surface area contributed by atoms with E-state index in [0.29, 0.717) is 6.54 Å². The van der Waals surface area contributed by atoms with Crippen LogP contribution in [-0.2, 0) is 6.54 Å². The lowest BCUT2D eigenvalue weighted by Gasteiger charge is -2.02. The third-order valence-corrected chi connectivity index (χ3v) is 5.00. The molecule has 3 aromatic rings. The Morgan fingerprint density at radius 1 is 1.29 bits per heavy atom. The predicted molar refractivity (Wildman–Crippen MR) is 86.9 cm³/mol. The molecule has 0 aliphatic rings. The van der Waals surface area contributed by atoms with Crippen LogP contribution < -0.4 is 4.80 Å². The molecule has 3 aromatic heterocycles. The molecule has 0 spiro atoms. The zero-order valence-electron chi connectivity index (χ0n) is 11.8. The molecule has 0 N–H and O–H groups in total. The molecule has 3 rings (SSSR count). The Bertz CT molecular complexity index is 792. The standard InChI is InChI=1S/C15H15N3OS2/c1-11-10-21-15(18(11)9-13-5-3-7-19-13)17-16-12(2)14-6-4-8-20-14/h3-8,10H,9H2,1-2H3/b16-12-,17-15-. The second kappa shape index (κ2) is 6.24. The van der Waals surface area contributed by atoms with Crippen LogP contribution in [0.25, 0.3) is 0 Å². The van der Waals surface area contributed by atoms with Crippen molar-refractivity contribution in [3.63, 3.8) is 0 Å². The molecule has 0 radical (unpaired) electrons. The summed E-state index contributed by atoms with van der Waals surface area (Å²) in [6, 6.07) is 7.93. The molecule has 3 heterocycles. The first-order chi connectivity index (χ1) is 10.2. The predicted octanol–water partition coefficient (Wildman–Crippen LogP) is 3.89. The summed E-state index contributed by atoms with van der Waals surface area (Å²) in [6.07, 6.45) is 1.69. The number of furan rings is 1. The van der Waals surface area contributed by atoms with E-state index in [1.54, 1.807) is 28.9 Å². The first-order valence-corrected chi connectivity index (χ1v) is 8.29. The number of thiazole rings is 1. The summed E-state index contributed by atoms with van der Waals surface area (Å²) in [6.45, 7) is 4.72. The van der Waals surface area contributed by atoms with E-state index in [1.807, 2.05) is 30.5 Å². The van der Waals surface area contributed by atoms with Crippen LogP contribution in [0.15, 0.2) is 55.9 Å². The van der Waals surface area contributed by atoms with Crippen molar-refractivity contribution in [2.75, 3.05) is 0 Å². The van der Waals surface area contributed by atoms with Gasteiger partial charge in [-0.1, -0.05) is 6.07 Å². The Kier molecular flexibility index (Phi) is 4.17. The lowest BCUT2D eigenvalue weighted by atomic mass is 10.3. The molecule has 0 aliphatic carbocycles. The second-order valence-corrected chi connectivity index (χ2v) is 6.37. The number of nitrogens with zero attached hydrogens (tertiary/aromatic N) is 3. The molecular formula is C15H15N3OS2. The maximum atomic E-state index is 5.41. The molecule has 21 heavy (non-hydrogen) atoms. The fourth-order valence-corrected chi connectivity index (χ4v) is 3.40. The average Bonchev–Trinajstić information content (AvgIpc) is 3.21. The summed E-state index contributed by atoms with van der Waals surface area (Å²) in [5, 5.41) is 12.9. The Balaban J connectivity index is 1.92. The molecule has 0 unspecified atom stereocenters. The summed E-state index contributed by atoms with van der Waals surface area (Å²) in [4.78, 5) is 2.02. The molecule has 108 valence electrons. The molecule has 0 saturated carbocycles. The molecule has 0 saturated heterocycles. The Labute approximate surface area is 130 Å². The van der Waals surface area contributed by atoms with Crippen molar-refractivity contribution >= 4 is 28.4 Å². The number of rotatable bonds is 4. The Morgan fingerprint density at radius 3 is 2.90 bits per heavy atom. The minimum atomic E-state index is 0.675. The van der Waals surface area contributed by atoms with Crippen LogP contribution >= 0.6 is 22.7 Å². The molecule has 0 aromatic carbocycles. The van der Waals surface area contributed by atoms with Gasteiger partial charge in [-0.15, -0.1) is 27.8 Å². The van der Waals surface area contributed by atoms with Crippen molar-refractivity contribution in [1.82, 2.24) is 4.57 Å². The molecule has 6 heteroatoms. The third-order valence-electron chi connectivity index (χ3n) is 3.05. The van der Waals surface area contributed by atoms with Gasteiger partial charge in [-0.25, -0.2) is 0 Å². The highest BCUT2D eigenvalue weighted by Crippen LogP contribution is 2.10. The molecule has 4 nitrogen and oxygen atoms in total. The van der Waals surface area contributed by atoms with Gasteiger partial charge in [-0.05, 0) is 37.4 Å². The number of aryl methyl sites for hydroxylation is 1. The SMILES string of the molecule is C/C(=N/N=c1\scc(C)n1Cc1ccco1)c1cccs1. The number of hydrogen-bond donors (Lipinski definition) is 0. The van der Waals surface area contributed by atoms with E-state index in [1.165, 1.54) is 0 Å². The van der Waals surface area contributed by atoms with Crippen molar-refractivity contribution in [2.24, 2.45) is 10.2 Å². The van der Waals surface area contributed by atoms with Gasteiger partial charge >= 0.3 is 0 Å². The van der Waals surface area contributed by atoms with Gasteiger partial charge in [0.2, 0.25) is 4.80 Å². The van der Waals surface area contributed by atoms with Gasteiger partial charge in [0.25, 0.3) is 0 Å². The Morgan fingerprint density at radius 2 is 2.19 bits per heavy atom. The molecule has 0 fully saturated rings. The van der Waals surface area contributed by atoms with Gasteiger partial charge in [0, 0.05) is 11.1 Å². The molecule has 0 aliphatic heterocycles. The summed E-state index contributed by atoms with van der Waals surface area (Å²) >= 11 is 3.26. The first-order valence-electron chi connectivity index (χ1n) is 6.53. The third kappa shape index (κ3) is 3.22. The van der Waals surface area contributed by atoms with Gasteiger partial charge in [-0.3, -0.25) is 0 Å². The number of aromatic nitrogens is 1. The van der Waals surface area contributed by atoms with E-state index in [2.05, 4.69) is 33.1 Å². The fourth-order valence-electron chi connectivity index (χ4n) is 1.90. The summed E-state index contributed by atoms with van der Waals surface area (Å²) in [5.41, 5.74) is 2.08. The lowest BCUT2D eigenvalue weighted by molar-refractivity contribution is 0.488. The van der Waals surface area contributed by atoms with E-state index < -0.39 is 0 Å². The largest absolute Gasteiger partial charge is 0.467 e. The molecule has 0 atom stereocenters. The summed E-state index contributed by atoms with van der Waals surface area (Å²) in [5.74, 6) is 0.914. The van der Waals surface area contributed by atoms with Gasteiger partial charge in [0.1, 0.15) is 5.76 Å². The van der Waals surface area contributed by atoms with E-state index in [4.69, 9.17) is 4.42 Å². The lowest BCUT2D eigenvalue weighted by Crippen LogP contribution is -2.16. The van der Waals surface area contributed by atoms with Crippen LogP contribution in [0, 0.1) is 6.92 Å². The van der Waals surface area contributed by atoms with Gasteiger partial charge in [0.05, 0.1) is 23.4 Å². The quantitative estimate of drug-likeness (QED) is 0.532. The van der Waals surface area contributed by atoms with E-state index in [0.717, 1.165) is 26.8 Å². The van der Waals surface area contributed by atoms with Gasteiger partial charge in [0.15, 0.2) is 0 Å². The molecule has 0 amide bonds. The zero-order chi connectivity index (χ0) is 14.7. The van der Waals surface area contributed by atoms with Crippen molar-refractivity contribution < 1.29 is 4.42 Å². The van der Waals surface area contributed by atoms with Crippen LogP contribution in [0.4, 0.5) is 0 Å². The van der Waals surface area contributed by atoms with E-state index >= 15 is 0 Å². The topological polar surface area (TPSA) is 42.8 Å². The van der Waals surface area contributed by atoms with Crippen LogP contribution in [0.1, 0.15) is 23.3 Å². The number of thiophene rings is 1. The fraction of sp³-hybridized carbons (Fsp3) is 0.200. The van der Waals surface area contributed by atoms with Crippen molar-refractivity contribution in [2.45, 2.75) is 20.4 Å². The highest BCUT2D eigenvalue weighted by molar-refractivity contribution is 7.12. The summed E-state index contributed by atoms with van der Waals surface area (Å²) < 4.78 is 7.52. The highest BCUT2D eigenvalue weighted by Gasteiger charge is 2.04. The maximum Gasteiger partial charge on any atom is 0.211 e. The van der Waals surface area contributed by atoms with Crippen LogP contribution in [-0.4, -0.2) is 10.3 Å². The minimum Gasteiger partial charge on any atom is -0.467 e. The zero-order valence-corrected chi connectivity index (χ0v) is 13.4. The average molecular weight is 317 g/mol. The van der Waals surface area contributed by atoms with Crippen molar-refractivity contribution in [3.8, 4) is 0 Å². The molecule has 0 bridgehead atoms. The summed E-state index contributed by atoms with van der Waals surface area (Å²) in [7, 11) is 0. The smallest absolute Gasteiger partial charge is 0.211 e. The molecular weight excluding hydrogens is 302 g/mol. The first kappa shape index (κ1) is 14.0. The normalized spacial score (nSPS) is 13.0. The van der Waals surface area contributed by atoms with E-state index in [-0.39, 0.29) is 0 Å². The van der Waals surface area contributed by atoms with Crippen molar-refractivity contribution in [1.29, 1.82) is 0 Å². The highest BCUT2D eigenvalue weighted by atomic mass is 32.1. The Hall–Kier alpha value is -1.92. The number of hydrogen-bond acceptors (Lipinski definition) is 5. The maximum absolute atomic E-state index is 5.41. The monoisotopic (exact) mass is 317 g/mol. The van der Waals surface area contributed by atoms with Crippen LogP contribution in [0.3, 0.4) is 0 Å². The minimum absolute atomic E-state index is 0.675. The van der Waals surface area contributed by atoms with Gasteiger partial charge < -0.3 is 8.98 Å². The van der Waals surface area contributed by atoms with E-state index in [9.17, 15) is 0 Å². The van der Waals surface area contributed by atoms with Gasteiger partial charge in [-0.2, -0.15) is 5.10 Å².